The Hall–Kier alpha value is -2.56. The first-order chi connectivity index (χ1) is 12.1. The van der Waals surface area contributed by atoms with Gasteiger partial charge in [-0.05, 0) is 18.6 Å². The summed E-state index contributed by atoms with van der Waals surface area (Å²) in [7, 11) is 0. The first-order valence-electron chi connectivity index (χ1n) is 8.81. The van der Waals surface area contributed by atoms with Gasteiger partial charge in [0, 0.05) is 28.7 Å². The average Bonchev–Trinajstić information content (AvgIpc) is 2.64. The van der Waals surface area contributed by atoms with Gasteiger partial charge in [-0.3, -0.25) is 19.9 Å². The minimum absolute atomic E-state index is 0.206. The number of unbranched alkanes of at least 4 members (excludes halogenated alkanes) is 4. The first-order valence-corrected chi connectivity index (χ1v) is 8.81. The smallest absolute Gasteiger partial charge is 0.273 e. The van der Waals surface area contributed by atoms with E-state index in [0.29, 0.717) is 23.4 Å². The molecular weight excluding hydrogens is 316 g/mol. The largest absolute Gasteiger partial charge is 0.289 e. The molecule has 1 unspecified atom stereocenters. The molecule has 0 amide bonds. The van der Waals surface area contributed by atoms with Crippen molar-refractivity contribution in [3.05, 3.63) is 69.8 Å². The number of nitro groups is 1. The van der Waals surface area contributed by atoms with E-state index in [-0.39, 0.29) is 5.78 Å². The van der Waals surface area contributed by atoms with Gasteiger partial charge < -0.3 is 0 Å². The molecule has 0 spiro atoms. The van der Waals surface area contributed by atoms with Crippen molar-refractivity contribution in [1.82, 2.24) is 0 Å². The van der Waals surface area contributed by atoms with Crippen LogP contribution < -0.4 is 0 Å². The van der Waals surface area contributed by atoms with Crippen molar-refractivity contribution in [2.45, 2.75) is 45.1 Å². The van der Waals surface area contributed by atoms with Crippen LogP contribution in [0.1, 0.15) is 49.4 Å². The third-order valence-corrected chi connectivity index (χ3v) is 4.16. The molecule has 1 aliphatic carbocycles. The number of allylic oxidation sites excluding steroid dienone is 2. The molecule has 5 heteroatoms. The lowest BCUT2D eigenvalue weighted by Crippen LogP contribution is -2.29. The molecule has 25 heavy (non-hydrogen) atoms. The molecule has 2 rings (SSSR count). The second kappa shape index (κ2) is 9.67. The highest BCUT2D eigenvalue weighted by Gasteiger charge is 2.28. The number of ketones is 1. The Morgan fingerprint density at radius 3 is 2.52 bits per heavy atom. The van der Waals surface area contributed by atoms with Crippen LogP contribution in [0.4, 0.5) is 0 Å². The van der Waals surface area contributed by atoms with Crippen LogP contribution in [-0.4, -0.2) is 29.0 Å². The van der Waals surface area contributed by atoms with Crippen molar-refractivity contribution in [2.24, 2.45) is 4.99 Å². The van der Waals surface area contributed by atoms with Crippen LogP contribution in [0.3, 0.4) is 0 Å². The van der Waals surface area contributed by atoms with E-state index in [2.05, 4.69) is 11.9 Å². The van der Waals surface area contributed by atoms with Gasteiger partial charge in [0.15, 0.2) is 5.78 Å². The second-order valence-electron chi connectivity index (χ2n) is 6.10. The fraction of sp³-hybridized carbons (Fsp3) is 0.400. The van der Waals surface area contributed by atoms with Crippen LogP contribution >= 0.6 is 0 Å². The van der Waals surface area contributed by atoms with E-state index in [1.165, 1.54) is 25.3 Å². The minimum Gasteiger partial charge on any atom is -0.289 e. The molecule has 0 saturated heterocycles. The van der Waals surface area contributed by atoms with Crippen molar-refractivity contribution in [3.63, 3.8) is 0 Å². The van der Waals surface area contributed by atoms with Gasteiger partial charge in [-0.2, -0.15) is 0 Å². The first kappa shape index (κ1) is 18.8. The molecule has 0 aliphatic heterocycles. The molecule has 1 aromatic rings. The second-order valence-corrected chi connectivity index (χ2v) is 6.10. The monoisotopic (exact) mass is 340 g/mol. The molecule has 0 radical (unpaired) electrons. The van der Waals surface area contributed by atoms with Gasteiger partial charge in [-0.15, -0.1) is 0 Å². The van der Waals surface area contributed by atoms with E-state index in [4.69, 9.17) is 0 Å². The van der Waals surface area contributed by atoms with Crippen LogP contribution in [-0.2, 0) is 0 Å². The third kappa shape index (κ3) is 5.48. The third-order valence-electron chi connectivity index (χ3n) is 4.16. The van der Waals surface area contributed by atoms with E-state index in [9.17, 15) is 14.9 Å². The number of hydrogen-bond acceptors (Lipinski definition) is 4. The molecular formula is C20H24N2O3. The number of nitrogens with zero attached hydrogens (tertiary/aromatic N) is 2. The van der Waals surface area contributed by atoms with Crippen molar-refractivity contribution < 1.29 is 9.72 Å². The summed E-state index contributed by atoms with van der Waals surface area (Å²) in [5.41, 5.74) is 1.29. The fourth-order valence-electron chi connectivity index (χ4n) is 2.73. The van der Waals surface area contributed by atoms with Gasteiger partial charge in [0.2, 0.25) is 0 Å². The molecule has 0 bridgehead atoms. The summed E-state index contributed by atoms with van der Waals surface area (Å²) in [5.74, 6) is -0.206. The molecule has 5 nitrogen and oxygen atoms in total. The van der Waals surface area contributed by atoms with Crippen molar-refractivity contribution in [2.75, 3.05) is 6.54 Å². The Kier molecular flexibility index (Phi) is 7.26. The number of aliphatic imine (C=N–C) groups is 1. The normalized spacial score (nSPS) is 18.2. The Balaban J connectivity index is 2.04. The predicted octanol–water partition coefficient (Wildman–Crippen LogP) is 4.42. The highest BCUT2D eigenvalue weighted by molar-refractivity contribution is 6.14. The van der Waals surface area contributed by atoms with E-state index < -0.39 is 11.0 Å². The van der Waals surface area contributed by atoms with Crippen LogP contribution in [0.5, 0.6) is 0 Å². The Morgan fingerprint density at radius 2 is 1.84 bits per heavy atom. The van der Waals surface area contributed by atoms with Gasteiger partial charge in [0.05, 0.1) is 0 Å². The zero-order chi connectivity index (χ0) is 18.1. The zero-order valence-electron chi connectivity index (χ0n) is 14.6. The van der Waals surface area contributed by atoms with Gasteiger partial charge >= 0.3 is 0 Å². The Morgan fingerprint density at radius 1 is 1.12 bits per heavy atom. The predicted molar refractivity (Wildman–Crippen MR) is 99.8 cm³/mol. The standard InChI is InChI=1S/C20H24N2O3/c1-2-3-4-5-9-14-21-18-13-12-17(15-19(18)22(24)25)20(23)16-10-7-6-8-11-16/h6-8,10-13,15,19H,2-5,9,14H2,1H3. The molecule has 0 saturated carbocycles. The van der Waals surface area contributed by atoms with Crippen LogP contribution in [0.15, 0.2) is 59.1 Å². The van der Waals surface area contributed by atoms with Crippen molar-refractivity contribution in [3.8, 4) is 0 Å². The van der Waals surface area contributed by atoms with Crippen molar-refractivity contribution in [1.29, 1.82) is 0 Å². The maximum Gasteiger partial charge on any atom is 0.273 e. The minimum atomic E-state index is -1.05. The van der Waals surface area contributed by atoms with Gasteiger partial charge in [-0.25, -0.2) is 0 Å². The molecule has 0 fully saturated rings. The highest BCUT2D eigenvalue weighted by Crippen LogP contribution is 2.17. The summed E-state index contributed by atoms with van der Waals surface area (Å²) in [4.78, 5) is 27.8. The molecule has 1 atom stereocenters. The molecule has 0 aromatic heterocycles. The Labute approximate surface area is 148 Å². The highest BCUT2D eigenvalue weighted by atomic mass is 16.6. The summed E-state index contributed by atoms with van der Waals surface area (Å²) >= 11 is 0. The summed E-state index contributed by atoms with van der Waals surface area (Å²) in [6, 6.07) is 7.74. The number of benzene rings is 1. The summed E-state index contributed by atoms with van der Waals surface area (Å²) in [6.45, 7) is 2.75. The molecule has 0 N–H and O–H groups in total. The van der Waals surface area contributed by atoms with Crippen LogP contribution in [0.2, 0.25) is 0 Å². The number of carbonyl (C=O) groups excluding carboxylic acids is 1. The SMILES string of the molecule is CCCCCCCN=C1C=CC(C(=O)c2ccccc2)=CC1[N+](=O)[O-]. The van der Waals surface area contributed by atoms with E-state index in [1.54, 1.807) is 36.4 Å². The maximum atomic E-state index is 12.5. The summed E-state index contributed by atoms with van der Waals surface area (Å²) in [6.07, 6.45) is 10.2. The lowest BCUT2D eigenvalue weighted by atomic mass is 9.95. The number of hydrogen-bond donors (Lipinski definition) is 0. The summed E-state index contributed by atoms with van der Waals surface area (Å²) in [5, 5.41) is 11.4. The summed E-state index contributed by atoms with van der Waals surface area (Å²) < 4.78 is 0. The lowest BCUT2D eigenvalue weighted by Gasteiger charge is -2.12. The Bertz CT molecular complexity index is 690. The van der Waals surface area contributed by atoms with Crippen molar-refractivity contribution >= 4 is 11.5 Å². The van der Waals surface area contributed by atoms with E-state index in [0.717, 1.165) is 12.8 Å². The van der Waals surface area contributed by atoms with Crippen LogP contribution in [0, 0.1) is 10.1 Å². The number of Topliss-reactive ketones (excluding diaryl/α,β-unsaturated/α-hetero) is 1. The number of rotatable bonds is 9. The number of carbonyl (C=O) groups is 1. The molecule has 1 aliphatic rings. The quantitative estimate of drug-likeness (QED) is 0.289. The van der Waals surface area contributed by atoms with E-state index >= 15 is 0 Å². The molecule has 0 heterocycles. The van der Waals surface area contributed by atoms with Gasteiger partial charge in [-0.1, -0.05) is 62.9 Å². The molecule has 132 valence electrons. The zero-order valence-corrected chi connectivity index (χ0v) is 14.6. The van der Waals surface area contributed by atoms with E-state index in [1.807, 2.05) is 6.07 Å². The maximum absolute atomic E-state index is 12.5. The van der Waals surface area contributed by atoms with Gasteiger partial charge in [0.1, 0.15) is 5.71 Å². The van der Waals surface area contributed by atoms with Gasteiger partial charge in [0.25, 0.3) is 6.04 Å². The van der Waals surface area contributed by atoms with Crippen LogP contribution in [0.25, 0.3) is 0 Å². The topological polar surface area (TPSA) is 72.6 Å². The average molecular weight is 340 g/mol. The lowest BCUT2D eigenvalue weighted by molar-refractivity contribution is -0.490. The fourth-order valence-corrected chi connectivity index (χ4v) is 2.73. The molecule has 1 aromatic carbocycles.